The summed E-state index contributed by atoms with van der Waals surface area (Å²) >= 11 is 1.70. The van der Waals surface area contributed by atoms with Crippen LogP contribution in [0.25, 0.3) is 10.2 Å². The van der Waals surface area contributed by atoms with Crippen molar-refractivity contribution < 1.29 is 4.52 Å². The molecule has 3 heterocycles. The third kappa shape index (κ3) is 2.25. The summed E-state index contributed by atoms with van der Waals surface area (Å²) < 4.78 is 5.36. The van der Waals surface area contributed by atoms with Crippen LogP contribution in [-0.2, 0) is 6.54 Å². The third-order valence-electron chi connectivity index (χ3n) is 4.11. The normalized spacial score (nSPS) is 14.7. The van der Waals surface area contributed by atoms with Crippen molar-refractivity contribution in [3.8, 4) is 0 Å². The molecule has 22 heavy (non-hydrogen) atoms. The van der Waals surface area contributed by atoms with E-state index in [0.29, 0.717) is 18.4 Å². The Morgan fingerprint density at radius 1 is 1.32 bits per heavy atom. The topological polar surface area (TPSA) is 67.9 Å². The molecule has 1 saturated carbocycles. The molecule has 0 spiro atoms. The van der Waals surface area contributed by atoms with E-state index in [4.69, 9.17) is 4.52 Å². The van der Waals surface area contributed by atoms with Gasteiger partial charge in [-0.15, -0.1) is 11.3 Å². The molecule has 1 aliphatic rings. The van der Waals surface area contributed by atoms with Gasteiger partial charge in [-0.3, -0.25) is 0 Å². The molecule has 0 aliphatic heterocycles. The van der Waals surface area contributed by atoms with E-state index in [1.165, 1.54) is 23.3 Å². The van der Waals surface area contributed by atoms with E-state index in [0.717, 1.165) is 21.9 Å². The molecular formula is C15H17N5OS. The first-order chi connectivity index (χ1) is 10.6. The molecule has 0 aromatic carbocycles. The number of nitrogens with zero attached hydrogens (tertiary/aromatic N) is 5. The molecule has 6 nitrogen and oxygen atoms in total. The minimum absolute atomic E-state index is 0.510. The van der Waals surface area contributed by atoms with Crippen LogP contribution in [0.4, 0.5) is 5.82 Å². The van der Waals surface area contributed by atoms with Gasteiger partial charge in [0.25, 0.3) is 0 Å². The molecule has 3 aromatic rings. The van der Waals surface area contributed by atoms with Gasteiger partial charge in [0.15, 0.2) is 5.82 Å². The first-order valence-electron chi connectivity index (χ1n) is 7.38. The van der Waals surface area contributed by atoms with Gasteiger partial charge in [0.05, 0.1) is 11.9 Å². The summed E-state index contributed by atoms with van der Waals surface area (Å²) in [5.41, 5.74) is 1.24. The third-order valence-corrected chi connectivity index (χ3v) is 5.22. The van der Waals surface area contributed by atoms with E-state index < -0.39 is 0 Å². The number of thiophene rings is 1. The van der Waals surface area contributed by atoms with Crippen molar-refractivity contribution in [2.24, 2.45) is 0 Å². The van der Waals surface area contributed by atoms with Crippen LogP contribution in [-0.4, -0.2) is 27.2 Å². The highest BCUT2D eigenvalue weighted by Gasteiger charge is 2.29. The van der Waals surface area contributed by atoms with Gasteiger partial charge in [-0.25, -0.2) is 9.97 Å². The predicted octanol–water partition coefficient (Wildman–Crippen LogP) is 3.20. The lowest BCUT2D eigenvalue weighted by molar-refractivity contribution is 0.372. The number of aromatic nitrogens is 4. The second-order valence-electron chi connectivity index (χ2n) is 5.84. The maximum absolute atomic E-state index is 5.36. The molecule has 0 N–H and O–H groups in total. The van der Waals surface area contributed by atoms with E-state index >= 15 is 0 Å². The molecule has 0 saturated heterocycles. The zero-order valence-corrected chi connectivity index (χ0v) is 13.6. The molecule has 1 aliphatic carbocycles. The summed E-state index contributed by atoms with van der Waals surface area (Å²) in [6, 6.07) is 0. The molecule has 4 rings (SSSR count). The summed E-state index contributed by atoms with van der Waals surface area (Å²) in [5, 5.41) is 5.19. The molecule has 0 atom stereocenters. The van der Waals surface area contributed by atoms with Crippen molar-refractivity contribution in [3.05, 3.63) is 28.5 Å². The summed E-state index contributed by atoms with van der Waals surface area (Å²) in [6.07, 6.45) is 3.97. The van der Waals surface area contributed by atoms with Gasteiger partial charge in [-0.05, 0) is 32.3 Å². The van der Waals surface area contributed by atoms with Gasteiger partial charge >= 0.3 is 0 Å². The SMILES string of the molecule is Cc1sc2ncnc(N(C)Cc3nc(C4CC4)no3)c2c1C. The molecule has 7 heteroatoms. The van der Waals surface area contributed by atoms with Crippen LogP contribution >= 0.6 is 11.3 Å². The maximum Gasteiger partial charge on any atom is 0.246 e. The van der Waals surface area contributed by atoms with Gasteiger partial charge in [-0.1, -0.05) is 5.16 Å². The summed E-state index contributed by atoms with van der Waals surface area (Å²) in [7, 11) is 2.00. The highest BCUT2D eigenvalue weighted by Crippen LogP contribution is 2.38. The molecule has 114 valence electrons. The average Bonchev–Trinajstić information content (AvgIpc) is 3.19. The number of rotatable bonds is 4. The van der Waals surface area contributed by atoms with Gasteiger partial charge in [-0.2, -0.15) is 4.98 Å². The smallest absolute Gasteiger partial charge is 0.246 e. The highest BCUT2D eigenvalue weighted by atomic mass is 32.1. The highest BCUT2D eigenvalue weighted by molar-refractivity contribution is 7.18. The summed E-state index contributed by atoms with van der Waals surface area (Å²) in [4.78, 5) is 17.7. The van der Waals surface area contributed by atoms with Crippen molar-refractivity contribution in [1.29, 1.82) is 0 Å². The number of hydrogen-bond acceptors (Lipinski definition) is 7. The zero-order valence-electron chi connectivity index (χ0n) is 12.8. The Hall–Kier alpha value is -2.02. The number of anilines is 1. The molecule has 0 radical (unpaired) electrons. The van der Waals surface area contributed by atoms with Crippen LogP contribution in [0.15, 0.2) is 10.9 Å². The monoisotopic (exact) mass is 315 g/mol. The molecule has 3 aromatic heterocycles. The molecule has 0 bridgehead atoms. The van der Waals surface area contributed by atoms with Crippen molar-refractivity contribution in [2.45, 2.75) is 39.2 Å². The van der Waals surface area contributed by atoms with Crippen molar-refractivity contribution in [3.63, 3.8) is 0 Å². The van der Waals surface area contributed by atoms with E-state index in [2.05, 4.69) is 34.0 Å². The predicted molar refractivity (Wildman–Crippen MR) is 85.3 cm³/mol. The molecule has 0 amide bonds. The first-order valence-corrected chi connectivity index (χ1v) is 8.19. The van der Waals surface area contributed by atoms with Gasteiger partial charge in [0.2, 0.25) is 5.89 Å². The van der Waals surface area contributed by atoms with Crippen molar-refractivity contribution in [1.82, 2.24) is 20.1 Å². The number of aryl methyl sites for hydroxylation is 2. The fraction of sp³-hybridized carbons (Fsp3) is 0.467. The van der Waals surface area contributed by atoms with E-state index in [9.17, 15) is 0 Å². The Bertz CT molecular complexity index is 836. The van der Waals surface area contributed by atoms with Crippen LogP contribution in [0, 0.1) is 13.8 Å². The van der Waals surface area contributed by atoms with Gasteiger partial charge in [0.1, 0.15) is 17.0 Å². The van der Waals surface area contributed by atoms with Crippen LogP contribution in [0.3, 0.4) is 0 Å². The van der Waals surface area contributed by atoms with Crippen LogP contribution in [0.1, 0.15) is 40.9 Å². The summed E-state index contributed by atoms with van der Waals surface area (Å²) in [6.45, 7) is 4.79. The summed E-state index contributed by atoms with van der Waals surface area (Å²) in [5.74, 6) is 2.91. The molecular weight excluding hydrogens is 298 g/mol. The quantitative estimate of drug-likeness (QED) is 0.736. The second kappa shape index (κ2) is 5.01. The average molecular weight is 315 g/mol. The Balaban J connectivity index is 1.65. The Labute approximate surface area is 132 Å². The van der Waals surface area contributed by atoms with E-state index in [1.54, 1.807) is 17.7 Å². The zero-order chi connectivity index (χ0) is 15.3. The fourth-order valence-corrected chi connectivity index (χ4v) is 3.56. The minimum Gasteiger partial charge on any atom is -0.350 e. The Morgan fingerprint density at radius 3 is 2.91 bits per heavy atom. The number of hydrogen-bond donors (Lipinski definition) is 0. The lowest BCUT2D eigenvalue weighted by Gasteiger charge is -2.16. The van der Waals surface area contributed by atoms with Crippen molar-refractivity contribution in [2.75, 3.05) is 11.9 Å². The fourth-order valence-electron chi connectivity index (χ4n) is 2.57. The van der Waals surface area contributed by atoms with Crippen molar-refractivity contribution >= 4 is 27.4 Å². The Morgan fingerprint density at radius 2 is 2.14 bits per heavy atom. The molecule has 1 fully saturated rings. The van der Waals surface area contributed by atoms with E-state index in [1.807, 2.05) is 11.9 Å². The second-order valence-corrected chi connectivity index (χ2v) is 7.04. The maximum atomic E-state index is 5.36. The van der Waals surface area contributed by atoms with Gasteiger partial charge < -0.3 is 9.42 Å². The van der Waals surface area contributed by atoms with Crippen LogP contribution in [0.5, 0.6) is 0 Å². The van der Waals surface area contributed by atoms with Crippen LogP contribution < -0.4 is 4.90 Å². The van der Waals surface area contributed by atoms with E-state index in [-0.39, 0.29) is 0 Å². The number of fused-ring (bicyclic) bond motifs is 1. The minimum atomic E-state index is 0.510. The lowest BCUT2D eigenvalue weighted by atomic mass is 10.2. The largest absolute Gasteiger partial charge is 0.350 e. The Kier molecular flexibility index (Phi) is 3.11. The first kappa shape index (κ1) is 13.6. The van der Waals surface area contributed by atoms with Gasteiger partial charge in [0, 0.05) is 17.8 Å². The molecule has 0 unspecified atom stereocenters. The standard InChI is InChI=1S/C15H17N5OS/c1-8-9(2)22-15-12(8)14(16-7-17-15)20(3)6-11-18-13(19-21-11)10-4-5-10/h7,10H,4-6H2,1-3H3. The van der Waals surface area contributed by atoms with Crippen LogP contribution in [0.2, 0.25) is 0 Å². The lowest BCUT2D eigenvalue weighted by Crippen LogP contribution is -2.18.